The van der Waals surface area contributed by atoms with Crippen LogP contribution in [0.5, 0.6) is 0 Å². The van der Waals surface area contributed by atoms with Crippen LogP contribution in [0.25, 0.3) is 10.9 Å². The molecule has 1 nitrogen and oxygen atoms in total. The van der Waals surface area contributed by atoms with Crippen molar-refractivity contribution >= 4 is 45.7 Å². The molecule has 0 N–H and O–H groups in total. The Hall–Kier alpha value is -0.570. The Balaban J connectivity index is 2.48. The maximum Gasteiger partial charge on any atom is 0.161 e. The van der Waals surface area contributed by atoms with Gasteiger partial charge in [-0.3, -0.25) is 4.98 Å². The molecular formula is C12H7Cl3FN. The first-order valence-corrected chi connectivity index (χ1v) is 6.37. The van der Waals surface area contributed by atoms with E-state index in [4.69, 9.17) is 34.8 Å². The third kappa shape index (κ3) is 1.62. The van der Waals surface area contributed by atoms with Gasteiger partial charge < -0.3 is 0 Å². The second-order valence-electron chi connectivity index (χ2n) is 4.09. The van der Waals surface area contributed by atoms with Crippen LogP contribution in [0.3, 0.4) is 0 Å². The summed E-state index contributed by atoms with van der Waals surface area (Å²) in [6.45, 7) is 0. The normalized spacial score (nSPS) is 14.4. The highest BCUT2D eigenvalue weighted by Gasteiger charge is 2.22. The van der Waals surface area contributed by atoms with Crippen molar-refractivity contribution in [3.8, 4) is 0 Å². The van der Waals surface area contributed by atoms with Gasteiger partial charge in [0.1, 0.15) is 0 Å². The van der Waals surface area contributed by atoms with Gasteiger partial charge in [0.15, 0.2) is 5.82 Å². The van der Waals surface area contributed by atoms with Crippen molar-refractivity contribution < 1.29 is 4.39 Å². The predicted molar refractivity (Wildman–Crippen MR) is 68.8 cm³/mol. The molecule has 0 saturated heterocycles. The number of rotatable bonds is 0. The van der Waals surface area contributed by atoms with E-state index in [0.29, 0.717) is 15.9 Å². The highest BCUT2D eigenvalue weighted by molar-refractivity contribution is 6.44. The highest BCUT2D eigenvalue weighted by atomic mass is 35.5. The number of fused-ring (bicyclic) bond motifs is 2. The average Bonchev–Trinajstić information content (AvgIpc) is 2.74. The lowest BCUT2D eigenvalue weighted by molar-refractivity contribution is 0.630. The van der Waals surface area contributed by atoms with Gasteiger partial charge in [-0.25, -0.2) is 4.39 Å². The number of nitrogens with zero attached hydrogens (tertiary/aromatic N) is 1. The van der Waals surface area contributed by atoms with Gasteiger partial charge in [-0.1, -0.05) is 34.8 Å². The van der Waals surface area contributed by atoms with Gasteiger partial charge in [-0.2, -0.15) is 0 Å². The standard InChI is InChI=1S/C12H7Cl3FN/c13-6-4-8-9(11(15)12(6)16)10(14)5-2-1-3-7(5)17-8/h4H,1-3H2. The fourth-order valence-corrected chi connectivity index (χ4v) is 3.25. The Morgan fingerprint density at radius 3 is 2.65 bits per heavy atom. The first-order chi connectivity index (χ1) is 8.09. The Morgan fingerprint density at radius 2 is 1.88 bits per heavy atom. The number of hydrogen-bond donors (Lipinski definition) is 0. The van der Waals surface area contributed by atoms with Crippen molar-refractivity contribution in [2.45, 2.75) is 19.3 Å². The summed E-state index contributed by atoms with van der Waals surface area (Å²) in [4.78, 5) is 4.46. The zero-order valence-electron chi connectivity index (χ0n) is 8.66. The van der Waals surface area contributed by atoms with E-state index in [1.54, 1.807) is 0 Å². The lowest BCUT2D eigenvalue weighted by atomic mass is 10.1. The molecule has 1 aromatic heterocycles. The van der Waals surface area contributed by atoms with Gasteiger partial charge in [0, 0.05) is 11.1 Å². The molecule has 1 aliphatic rings. The van der Waals surface area contributed by atoms with Gasteiger partial charge in [0.05, 0.1) is 20.6 Å². The van der Waals surface area contributed by atoms with Crippen LogP contribution < -0.4 is 0 Å². The Kier molecular flexibility index (Phi) is 2.69. The van der Waals surface area contributed by atoms with Crippen molar-refractivity contribution in [1.29, 1.82) is 0 Å². The summed E-state index contributed by atoms with van der Waals surface area (Å²) < 4.78 is 13.6. The maximum absolute atomic E-state index is 13.6. The number of benzene rings is 1. The van der Waals surface area contributed by atoms with Crippen LogP contribution in [0.4, 0.5) is 4.39 Å². The van der Waals surface area contributed by atoms with Gasteiger partial charge >= 0.3 is 0 Å². The van der Waals surface area contributed by atoms with Crippen molar-refractivity contribution in [3.63, 3.8) is 0 Å². The highest BCUT2D eigenvalue weighted by Crippen LogP contribution is 2.39. The van der Waals surface area contributed by atoms with Crippen LogP contribution in [0.15, 0.2) is 6.07 Å². The molecule has 1 heterocycles. The molecule has 2 aromatic rings. The minimum absolute atomic E-state index is 0.0241. The predicted octanol–water partition coefficient (Wildman–Crippen LogP) is 4.82. The van der Waals surface area contributed by atoms with E-state index >= 15 is 0 Å². The van der Waals surface area contributed by atoms with Crippen LogP contribution in [0.1, 0.15) is 17.7 Å². The molecule has 0 unspecified atom stereocenters. The number of pyridine rings is 1. The monoisotopic (exact) mass is 289 g/mol. The molecule has 0 atom stereocenters. The largest absolute Gasteiger partial charge is 0.252 e. The van der Waals surface area contributed by atoms with Crippen molar-refractivity contribution in [1.82, 2.24) is 4.98 Å². The van der Waals surface area contributed by atoms with E-state index in [9.17, 15) is 4.39 Å². The summed E-state index contributed by atoms with van der Waals surface area (Å²) >= 11 is 18.0. The van der Waals surface area contributed by atoms with Crippen LogP contribution >= 0.6 is 34.8 Å². The summed E-state index contributed by atoms with van der Waals surface area (Å²) in [6.07, 6.45) is 2.79. The van der Waals surface area contributed by atoms with E-state index in [1.165, 1.54) is 6.07 Å². The fraction of sp³-hybridized carbons (Fsp3) is 0.250. The molecule has 1 aromatic carbocycles. The molecule has 0 bridgehead atoms. The van der Waals surface area contributed by atoms with E-state index in [2.05, 4.69) is 4.98 Å². The second-order valence-corrected chi connectivity index (χ2v) is 5.25. The molecule has 0 fully saturated rings. The first-order valence-electron chi connectivity index (χ1n) is 5.24. The van der Waals surface area contributed by atoms with Crippen LogP contribution in [0.2, 0.25) is 15.1 Å². The van der Waals surface area contributed by atoms with Crippen LogP contribution in [-0.4, -0.2) is 4.98 Å². The number of aromatic nitrogens is 1. The van der Waals surface area contributed by atoms with Crippen LogP contribution in [-0.2, 0) is 12.8 Å². The van der Waals surface area contributed by atoms with Crippen molar-refractivity contribution in [3.05, 3.63) is 38.2 Å². The molecule has 0 aliphatic heterocycles. The zero-order valence-corrected chi connectivity index (χ0v) is 10.9. The third-order valence-electron chi connectivity index (χ3n) is 3.07. The Morgan fingerprint density at radius 1 is 1.12 bits per heavy atom. The third-order valence-corrected chi connectivity index (χ3v) is 4.12. The topological polar surface area (TPSA) is 12.9 Å². The molecule has 3 rings (SSSR count). The lowest BCUT2D eigenvalue weighted by Gasteiger charge is -2.09. The van der Waals surface area contributed by atoms with E-state index in [0.717, 1.165) is 30.5 Å². The van der Waals surface area contributed by atoms with Crippen molar-refractivity contribution in [2.24, 2.45) is 0 Å². The minimum atomic E-state index is -0.637. The fourth-order valence-electron chi connectivity index (χ4n) is 2.26. The lowest BCUT2D eigenvalue weighted by Crippen LogP contribution is -1.94. The number of hydrogen-bond acceptors (Lipinski definition) is 1. The quantitative estimate of drug-likeness (QED) is 0.634. The summed E-state index contributed by atoms with van der Waals surface area (Å²) in [7, 11) is 0. The molecule has 0 spiro atoms. The molecule has 1 aliphatic carbocycles. The molecule has 5 heteroatoms. The summed E-state index contributed by atoms with van der Waals surface area (Å²) in [5, 5.41) is 0.919. The summed E-state index contributed by atoms with van der Waals surface area (Å²) in [6, 6.07) is 1.47. The van der Waals surface area contributed by atoms with Gasteiger partial charge in [0.2, 0.25) is 0 Å². The smallest absolute Gasteiger partial charge is 0.161 e. The van der Waals surface area contributed by atoms with E-state index < -0.39 is 5.82 Å². The SMILES string of the molecule is Fc1c(Cl)cc2nc3c(c(Cl)c2c1Cl)CCC3. The van der Waals surface area contributed by atoms with Gasteiger partial charge in [-0.05, 0) is 30.9 Å². The van der Waals surface area contributed by atoms with Crippen molar-refractivity contribution in [2.75, 3.05) is 0 Å². The minimum Gasteiger partial charge on any atom is -0.252 e. The zero-order chi connectivity index (χ0) is 12.2. The van der Waals surface area contributed by atoms with E-state index in [-0.39, 0.29) is 10.0 Å². The second kappa shape index (κ2) is 3.98. The Labute approximate surface area is 112 Å². The molecule has 88 valence electrons. The molecule has 0 radical (unpaired) electrons. The Bertz CT molecular complexity index is 640. The average molecular weight is 291 g/mol. The van der Waals surface area contributed by atoms with Gasteiger partial charge in [-0.15, -0.1) is 0 Å². The number of aryl methyl sites for hydroxylation is 1. The van der Waals surface area contributed by atoms with Gasteiger partial charge in [0.25, 0.3) is 0 Å². The molecule has 17 heavy (non-hydrogen) atoms. The number of halogens is 4. The maximum atomic E-state index is 13.6. The summed E-state index contributed by atoms with van der Waals surface area (Å²) in [5.74, 6) is -0.637. The molecule has 0 amide bonds. The molecule has 0 saturated carbocycles. The van der Waals surface area contributed by atoms with E-state index in [1.807, 2.05) is 0 Å². The first kappa shape index (κ1) is 11.5. The van der Waals surface area contributed by atoms with Crippen LogP contribution in [0, 0.1) is 5.82 Å². The summed E-state index contributed by atoms with van der Waals surface area (Å²) in [5.41, 5.74) is 2.52. The molecular weight excluding hydrogens is 283 g/mol.